The van der Waals surface area contributed by atoms with Gasteiger partial charge in [-0.1, -0.05) is 66.2 Å². The molecule has 2 amide bonds. The number of rotatable bonds is 2. The van der Waals surface area contributed by atoms with Crippen LogP contribution < -0.4 is 5.32 Å². The minimum Gasteiger partial charge on any atom is -0.324 e. The van der Waals surface area contributed by atoms with Gasteiger partial charge in [0.15, 0.2) is 0 Å². The molecule has 2 aliphatic rings. The van der Waals surface area contributed by atoms with Crippen LogP contribution in [0.4, 0.5) is 10.5 Å². The van der Waals surface area contributed by atoms with E-state index in [1.165, 1.54) is 27.8 Å². The fourth-order valence-electron chi connectivity index (χ4n) is 5.01. The maximum absolute atomic E-state index is 12.9. The average Bonchev–Trinajstić information content (AvgIpc) is 3.10. The van der Waals surface area contributed by atoms with Gasteiger partial charge in [0.2, 0.25) is 0 Å². The fraction of sp³-hybridized carbons (Fsp3) is 0.269. The SMILES string of the molecule is Cc1ccc(NC(=O)N2CCCC(C3c4ccccc4-c4ccccc43)C2)cc1. The first-order valence-corrected chi connectivity index (χ1v) is 10.5. The van der Waals surface area contributed by atoms with Gasteiger partial charge in [-0.25, -0.2) is 4.79 Å². The molecular formula is C26H26N2O. The number of hydrogen-bond acceptors (Lipinski definition) is 1. The third-order valence-electron chi connectivity index (χ3n) is 6.40. The summed E-state index contributed by atoms with van der Waals surface area (Å²) in [5.74, 6) is 0.815. The molecule has 146 valence electrons. The monoisotopic (exact) mass is 382 g/mol. The predicted molar refractivity (Wildman–Crippen MR) is 118 cm³/mol. The Morgan fingerprint density at radius 3 is 2.17 bits per heavy atom. The first-order chi connectivity index (χ1) is 14.2. The van der Waals surface area contributed by atoms with Crippen LogP contribution in [0.5, 0.6) is 0 Å². The number of amides is 2. The molecule has 0 spiro atoms. The van der Waals surface area contributed by atoms with E-state index >= 15 is 0 Å². The van der Waals surface area contributed by atoms with Gasteiger partial charge in [0.1, 0.15) is 0 Å². The van der Waals surface area contributed by atoms with E-state index in [4.69, 9.17) is 0 Å². The predicted octanol–water partition coefficient (Wildman–Crippen LogP) is 6.05. The Balaban J connectivity index is 1.38. The number of nitrogens with zero attached hydrogens (tertiary/aromatic N) is 1. The zero-order valence-electron chi connectivity index (χ0n) is 16.8. The van der Waals surface area contributed by atoms with Gasteiger partial charge in [-0.2, -0.15) is 0 Å². The van der Waals surface area contributed by atoms with Crippen molar-refractivity contribution in [2.45, 2.75) is 25.7 Å². The van der Waals surface area contributed by atoms with Gasteiger partial charge in [0, 0.05) is 24.7 Å². The minimum absolute atomic E-state index is 0.0121. The Bertz CT molecular complexity index is 995. The van der Waals surface area contributed by atoms with Crippen LogP contribution in [0.25, 0.3) is 11.1 Å². The second-order valence-corrected chi connectivity index (χ2v) is 8.30. The van der Waals surface area contributed by atoms with E-state index in [1.54, 1.807) is 0 Å². The smallest absolute Gasteiger partial charge is 0.321 e. The second kappa shape index (κ2) is 7.40. The maximum Gasteiger partial charge on any atom is 0.321 e. The van der Waals surface area contributed by atoms with Crippen molar-refractivity contribution in [3.63, 3.8) is 0 Å². The lowest BCUT2D eigenvalue weighted by molar-refractivity contribution is 0.172. The molecule has 3 aromatic carbocycles. The average molecular weight is 383 g/mol. The van der Waals surface area contributed by atoms with Crippen LogP contribution in [-0.4, -0.2) is 24.0 Å². The first kappa shape index (κ1) is 18.0. The van der Waals surface area contributed by atoms with E-state index in [9.17, 15) is 4.79 Å². The second-order valence-electron chi connectivity index (χ2n) is 8.30. The highest BCUT2D eigenvalue weighted by molar-refractivity contribution is 5.89. The highest BCUT2D eigenvalue weighted by Gasteiger charge is 2.37. The van der Waals surface area contributed by atoms with E-state index in [0.717, 1.165) is 31.6 Å². The lowest BCUT2D eigenvalue weighted by Crippen LogP contribution is -2.43. The molecule has 3 nitrogen and oxygen atoms in total. The summed E-state index contributed by atoms with van der Waals surface area (Å²) in [6.45, 7) is 3.67. The highest BCUT2D eigenvalue weighted by Crippen LogP contribution is 2.49. The highest BCUT2D eigenvalue weighted by atomic mass is 16.2. The summed E-state index contributed by atoms with van der Waals surface area (Å²) in [6.07, 6.45) is 2.20. The van der Waals surface area contributed by atoms with Crippen LogP contribution in [0.1, 0.15) is 35.4 Å². The number of likely N-dealkylation sites (tertiary alicyclic amines) is 1. The van der Waals surface area contributed by atoms with Crippen molar-refractivity contribution in [3.8, 4) is 11.1 Å². The third kappa shape index (κ3) is 3.31. The van der Waals surface area contributed by atoms with Crippen LogP contribution in [0, 0.1) is 12.8 Å². The number of carbonyl (C=O) groups excluding carboxylic acids is 1. The summed E-state index contributed by atoms with van der Waals surface area (Å²) in [4.78, 5) is 14.9. The zero-order chi connectivity index (χ0) is 19.8. The van der Waals surface area contributed by atoms with Crippen LogP contribution in [0.3, 0.4) is 0 Å². The van der Waals surface area contributed by atoms with Gasteiger partial charge in [0.05, 0.1) is 0 Å². The quantitative estimate of drug-likeness (QED) is 0.575. The Kier molecular flexibility index (Phi) is 4.59. The maximum atomic E-state index is 12.9. The molecule has 1 unspecified atom stereocenters. The molecule has 5 rings (SSSR count). The van der Waals surface area contributed by atoms with E-state index in [1.807, 2.05) is 29.2 Å². The number of urea groups is 1. The van der Waals surface area contributed by atoms with Gasteiger partial charge in [-0.15, -0.1) is 0 Å². The summed E-state index contributed by atoms with van der Waals surface area (Å²) in [6, 6.07) is 25.6. The molecule has 1 aliphatic carbocycles. The minimum atomic E-state index is 0.0121. The Labute approximate surface area is 172 Å². The number of nitrogens with one attached hydrogen (secondary N) is 1. The lowest BCUT2D eigenvalue weighted by Gasteiger charge is -2.36. The Hall–Kier alpha value is -3.07. The molecule has 3 heteroatoms. The third-order valence-corrected chi connectivity index (χ3v) is 6.40. The molecule has 1 atom stereocenters. The summed E-state index contributed by atoms with van der Waals surface area (Å²) in [5, 5.41) is 3.08. The number of carbonyl (C=O) groups is 1. The standard InChI is InChI=1S/C26H26N2O/c1-18-12-14-20(15-13-18)27-26(29)28-16-6-7-19(17-28)25-23-10-4-2-8-21(23)22-9-3-5-11-24(22)25/h2-5,8-15,19,25H,6-7,16-17H2,1H3,(H,27,29). The van der Waals surface area contributed by atoms with Gasteiger partial charge in [-0.3, -0.25) is 0 Å². The van der Waals surface area contributed by atoms with Crippen LogP contribution in [-0.2, 0) is 0 Å². The fourth-order valence-corrected chi connectivity index (χ4v) is 5.01. The Morgan fingerprint density at radius 2 is 1.52 bits per heavy atom. The molecule has 29 heavy (non-hydrogen) atoms. The molecule has 1 fully saturated rings. The molecule has 3 aromatic rings. The topological polar surface area (TPSA) is 32.3 Å². The first-order valence-electron chi connectivity index (χ1n) is 10.5. The van der Waals surface area contributed by atoms with Crippen molar-refractivity contribution in [3.05, 3.63) is 89.5 Å². The molecule has 0 saturated carbocycles. The molecule has 1 N–H and O–H groups in total. The number of piperidine rings is 1. The number of fused-ring (bicyclic) bond motifs is 3. The number of anilines is 1. The number of benzene rings is 3. The van der Waals surface area contributed by atoms with Gasteiger partial charge < -0.3 is 10.2 Å². The Morgan fingerprint density at radius 1 is 0.897 bits per heavy atom. The molecule has 1 aliphatic heterocycles. The molecule has 1 heterocycles. The van der Waals surface area contributed by atoms with Crippen molar-refractivity contribution in [2.75, 3.05) is 18.4 Å². The van der Waals surface area contributed by atoms with E-state index in [2.05, 4.69) is 60.8 Å². The summed E-state index contributed by atoms with van der Waals surface area (Å²) in [5.41, 5.74) is 7.60. The van der Waals surface area contributed by atoms with E-state index < -0.39 is 0 Å². The summed E-state index contributed by atoms with van der Waals surface area (Å²) >= 11 is 0. The normalized spacial score (nSPS) is 18.2. The molecule has 1 saturated heterocycles. The van der Waals surface area contributed by atoms with Crippen molar-refractivity contribution >= 4 is 11.7 Å². The summed E-state index contributed by atoms with van der Waals surface area (Å²) in [7, 11) is 0. The van der Waals surface area contributed by atoms with Crippen molar-refractivity contribution in [2.24, 2.45) is 5.92 Å². The molecule has 0 radical (unpaired) electrons. The zero-order valence-corrected chi connectivity index (χ0v) is 16.8. The van der Waals surface area contributed by atoms with Crippen LogP contribution >= 0.6 is 0 Å². The van der Waals surface area contributed by atoms with Gasteiger partial charge in [0.25, 0.3) is 0 Å². The summed E-state index contributed by atoms with van der Waals surface area (Å²) < 4.78 is 0. The molecule has 0 aromatic heterocycles. The van der Waals surface area contributed by atoms with Crippen molar-refractivity contribution < 1.29 is 4.79 Å². The van der Waals surface area contributed by atoms with E-state index in [0.29, 0.717) is 11.8 Å². The van der Waals surface area contributed by atoms with Crippen molar-refractivity contribution in [1.82, 2.24) is 4.90 Å². The molecular weight excluding hydrogens is 356 g/mol. The van der Waals surface area contributed by atoms with Crippen LogP contribution in [0.2, 0.25) is 0 Å². The number of aryl methyl sites for hydroxylation is 1. The van der Waals surface area contributed by atoms with Crippen LogP contribution in [0.15, 0.2) is 72.8 Å². The van der Waals surface area contributed by atoms with Gasteiger partial charge in [-0.05, 0) is 60.1 Å². The van der Waals surface area contributed by atoms with Gasteiger partial charge >= 0.3 is 6.03 Å². The number of hydrogen-bond donors (Lipinski definition) is 1. The largest absolute Gasteiger partial charge is 0.324 e. The van der Waals surface area contributed by atoms with E-state index in [-0.39, 0.29) is 6.03 Å². The molecule has 0 bridgehead atoms. The lowest BCUT2D eigenvalue weighted by atomic mass is 9.79. The van der Waals surface area contributed by atoms with Crippen molar-refractivity contribution in [1.29, 1.82) is 0 Å².